The van der Waals surface area contributed by atoms with Crippen LogP contribution < -0.4 is 5.73 Å². The number of rotatable bonds is 3. The molecule has 0 fully saturated rings. The summed E-state index contributed by atoms with van der Waals surface area (Å²) in [6, 6.07) is 1.44. The van der Waals surface area contributed by atoms with Gasteiger partial charge in [0.05, 0.1) is 5.69 Å². The summed E-state index contributed by atoms with van der Waals surface area (Å²) >= 11 is 1.24. The quantitative estimate of drug-likeness (QED) is 0.870. The van der Waals surface area contributed by atoms with Crippen molar-refractivity contribution in [1.82, 2.24) is 4.98 Å². The summed E-state index contributed by atoms with van der Waals surface area (Å²) in [5, 5.41) is 0.390. The van der Waals surface area contributed by atoms with Crippen LogP contribution in [0.25, 0.3) is 0 Å². The van der Waals surface area contributed by atoms with Gasteiger partial charge in [-0.15, -0.1) is 11.3 Å². The molecule has 2 aromatic rings. The third-order valence-electron chi connectivity index (χ3n) is 2.73. The molecule has 6 heteroatoms. The third kappa shape index (κ3) is 2.89. The van der Waals surface area contributed by atoms with E-state index in [9.17, 15) is 13.2 Å². The van der Waals surface area contributed by atoms with Crippen LogP contribution in [0.15, 0.2) is 12.1 Å². The molecule has 2 N–H and O–H groups in total. The van der Waals surface area contributed by atoms with E-state index in [0.29, 0.717) is 11.2 Å². The maximum absolute atomic E-state index is 13.6. The number of halogens is 3. The maximum atomic E-state index is 13.6. The van der Waals surface area contributed by atoms with Gasteiger partial charge in [-0.05, 0) is 17.5 Å². The Morgan fingerprint density at radius 1 is 1.16 bits per heavy atom. The first-order valence-corrected chi connectivity index (χ1v) is 6.58. The Hall–Kier alpha value is -1.56. The SMILES string of the molecule is CC(C)c1nc(N)sc1Cc1cc(F)c(F)cc1F. The van der Waals surface area contributed by atoms with E-state index in [1.54, 1.807) is 0 Å². The fourth-order valence-electron chi connectivity index (χ4n) is 1.83. The van der Waals surface area contributed by atoms with Crippen LogP contribution in [-0.2, 0) is 6.42 Å². The van der Waals surface area contributed by atoms with Gasteiger partial charge in [0.25, 0.3) is 0 Å². The number of benzene rings is 1. The lowest BCUT2D eigenvalue weighted by molar-refractivity contribution is 0.491. The Kier molecular flexibility index (Phi) is 3.80. The molecule has 0 aliphatic rings. The molecule has 102 valence electrons. The summed E-state index contributed by atoms with van der Waals surface area (Å²) < 4.78 is 39.6. The average molecular weight is 286 g/mol. The van der Waals surface area contributed by atoms with Gasteiger partial charge < -0.3 is 5.73 Å². The largest absolute Gasteiger partial charge is 0.375 e. The second-order valence-electron chi connectivity index (χ2n) is 4.55. The normalized spacial score (nSPS) is 11.3. The Morgan fingerprint density at radius 2 is 1.79 bits per heavy atom. The molecule has 0 saturated heterocycles. The molecule has 2 nitrogen and oxygen atoms in total. The molecule has 0 aliphatic carbocycles. The summed E-state index contributed by atoms with van der Waals surface area (Å²) in [5.41, 5.74) is 6.51. The van der Waals surface area contributed by atoms with E-state index in [-0.39, 0.29) is 17.9 Å². The van der Waals surface area contributed by atoms with E-state index in [1.807, 2.05) is 13.8 Å². The van der Waals surface area contributed by atoms with Crippen molar-refractivity contribution in [2.75, 3.05) is 5.73 Å². The van der Waals surface area contributed by atoms with Gasteiger partial charge in [0.15, 0.2) is 16.8 Å². The van der Waals surface area contributed by atoms with Crippen molar-refractivity contribution in [3.05, 3.63) is 45.7 Å². The summed E-state index contributed by atoms with van der Waals surface area (Å²) in [7, 11) is 0. The average Bonchev–Trinajstić information content (AvgIpc) is 2.67. The molecular formula is C13H13F3N2S. The lowest BCUT2D eigenvalue weighted by atomic mass is 10.0. The molecule has 2 rings (SSSR count). The number of hydrogen-bond acceptors (Lipinski definition) is 3. The zero-order valence-electron chi connectivity index (χ0n) is 10.5. The molecule has 0 aliphatic heterocycles. The Bertz CT molecular complexity index is 608. The van der Waals surface area contributed by atoms with Gasteiger partial charge in [0, 0.05) is 17.4 Å². The fourth-order valence-corrected chi connectivity index (χ4v) is 2.84. The summed E-state index contributed by atoms with van der Waals surface area (Å²) in [6.07, 6.45) is 0.158. The van der Waals surface area contributed by atoms with Crippen molar-refractivity contribution in [2.24, 2.45) is 0 Å². The Labute approximate surface area is 113 Å². The first kappa shape index (κ1) is 13.9. The zero-order valence-corrected chi connectivity index (χ0v) is 11.3. The minimum absolute atomic E-state index is 0.101. The molecule has 1 heterocycles. The number of hydrogen-bond donors (Lipinski definition) is 1. The van der Waals surface area contributed by atoms with Crippen LogP contribution in [0.1, 0.15) is 35.9 Å². The van der Waals surface area contributed by atoms with E-state index >= 15 is 0 Å². The lowest BCUT2D eigenvalue weighted by Crippen LogP contribution is -1.99. The van der Waals surface area contributed by atoms with Crippen LogP contribution in [0.2, 0.25) is 0 Å². The molecule has 19 heavy (non-hydrogen) atoms. The van der Waals surface area contributed by atoms with Crippen molar-refractivity contribution in [2.45, 2.75) is 26.2 Å². The van der Waals surface area contributed by atoms with Crippen LogP contribution in [0.3, 0.4) is 0 Å². The van der Waals surface area contributed by atoms with Crippen molar-refractivity contribution < 1.29 is 13.2 Å². The first-order valence-electron chi connectivity index (χ1n) is 5.77. The van der Waals surface area contributed by atoms with Crippen LogP contribution in [-0.4, -0.2) is 4.98 Å². The molecule has 0 unspecified atom stereocenters. The van der Waals surface area contributed by atoms with Crippen LogP contribution >= 0.6 is 11.3 Å². The number of aromatic nitrogens is 1. The van der Waals surface area contributed by atoms with Crippen molar-refractivity contribution >= 4 is 16.5 Å². The summed E-state index contributed by atoms with van der Waals surface area (Å²) in [5.74, 6) is -2.87. The monoisotopic (exact) mass is 286 g/mol. The highest BCUT2D eigenvalue weighted by Gasteiger charge is 2.16. The van der Waals surface area contributed by atoms with E-state index < -0.39 is 17.5 Å². The van der Waals surface area contributed by atoms with Gasteiger partial charge in [-0.2, -0.15) is 0 Å². The van der Waals surface area contributed by atoms with Gasteiger partial charge in [-0.1, -0.05) is 13.8 Å². The minimum Gasteiger partial charge on any atom is -0.375 e. The van der Waals surface area contributed by atoms with Gasteiger partial charge in [0.2, 0.25) is 0 Å². The fraction of sp³-hybridized carbons (Fsp3) is 0.308. The summed E-state index contributed by atoms with van der Waals surface area (Å²) in [6.45, 7) is 3.89. The second kappa shape index (κ2) is 5.21. The van der Waals surface area contributed by atoms with Crippen LogP contribution in [0.5, 0.6) is 0 Å². The number of nitrogen functional groups attached to an aromatic ring is 1. The molecular weight excluding hydrogens is 273 g/mol. The predicted molar refractivity (Wildman–Crippen MR) is 69.7 cm³/mol. The van der Waals surface area contributed by atoms with Gasteiger partial charge in [0.1, 0.15) is 5.82 Å². The Morgan fingerprint density at radius 3 is 2.42 bits per heavy atom. The standard InChI is InChI=1S/C13H13F3N2S/c1-6(2)12-11(19-13(17)18-12)4-7-3-9(15)10(16)5-8(7)14/h3,5-6H,4H2,1-2H3,(H2,17,18). The van der Waals surface area contributed by atoms with Gasteiger partial charge >= 0.3 is 0 Å². The van der Waals surface area contributed by atoms with Crippen molar-refractivity contribution in [3.8, 4) is 0 Å². The van der Waals surface area contributed by atoms with E-state index in [0.717, 1.165) is 16.6 Å². The van der Waals surface area contributed by atoms with Crippen molar-refractivity contribution in [1.29, 1.82) is 0 Å². The smallest absolute Gasteiger partial charge is 0.180 e. The second-order valence-corrected chi connectivity index (χ2v) is 5.66. The van der Waals surface area contributed by atoms with Crippen molar-refractivity contribution in [3.63, 3.8) is 0 Å². The number of nitrogens with zero attached hydrogens (tertiary/aromatic N) is 1. The van der Waals surface area contributed by atoms with E-state index in [4.69, 9.17) is 5.73 Å². The number of thiazole rings is 1. The van der Waals surface area contributed by atoms with Crippen LogP contribution in [0, 0.1) is 17.5 Å². The molecule has 0 radical (unpaired) electrons. The molecule has 0 amide bonds. The molecule has 0 bridgehead atoms. The predicted octanol–water partition coefficient (Wildman–Crippen LogP) is 3.86. The highest BCUT2D eigenvalue weighted by Crippen LogP contribution is 2.29. The van der Waals surface area contributed by atoms with Gasteiger partial charge in [-0.3, -0.25) is 0 Å². The topological polar surface area (TPSA) is 38.9 Å². The number of anilines is 1. The minimum atomic E-state index is -1.19. The molecule has 0 atom stereocenters. The van der Waals surface area contributed by atoms with Crippen LogP contribution in [0.4, 0.5) is 18.3 Å². The summed E-state index contributed by atoms with van der Waals surface area (Å²) in [4.78, 5) is 4.96. The van der Waals surface area contributed by atoms with E-state index in [2.05, 4.69) is 4.98 Å². The highest BCUT2D eigenvalue weighted by atomic mass is 32.1. The van der Waals surface area contributed by atoms with Gasteiger partial charge in [-0.25, -0.2) is 18.2 Å². The third-order valence-corrected chi connectivity index (χ3v) is 3.63. The molecule has 0 saturated carbocycles. The molecule has 1 aromatic heterocycles. The molecule has 0 spiro atoms. The zero-order chi connectivity index (χ0) is 14.2. The lowest BCUT2D eigenvalue weighted by Gasteiger charge is -2.06. The highest BCUT2D eigenvalue weighted by molar-refractivity contribution is 7.15. The van der Waals surface area contributed by atoms with E-state index in [1.165, 1.54) is 11.3 Å². The maximum Gasteiger partial charge on any atom is 0.180 e. The number of nitrogens with two attached hydrogens (primary N) is 1. The first-order chi connectivity index (χ1) is 8.88. The Balaban J connectivity index is 2.39. The molecule has 1 aromatic carbocycles.